The van der Waals surface area contributed by atoms with E-state index < -0.39 is 6.09 Å². The van der Waals surface area contributed by atoms with Crippen molar-refractivity contribution in [3.8, 4) is 0 Å². The minimum atomic E-state index is -0.791. The van der Waals surface area contributed by atoms with Crippen LogP contribution in [0.15, 0.2) is 0 Å². The molecule has 0 unspecified atom stereocenters. The van der Waals surface area contributed by atoms with E-state index in [2.05, 4.69) is 6.92 Å². The van der Waals surface area contributed by atoms with E-state index in [9.17, 15) is 4.79 Å². The van der Waals surface area contributed by atoms with Crippen molar-refractivity contribution in [3.05, 3.63) is 0 Å². The van der Waals surface area contributed by atoms with E-state index in [4.69, 9.17) is 5.11 Å². The molecule has 3 nitrogen and oxygen atoms in total. The van der Waals surface area contributed by atoms with E-state index in [1.165, 1.54) is 30.6 Å². The van der Waals surface area contributed by atoms with Crippen LogP contribution in [0.3, 0.4) is 0 Å². The minimum Gasteiger partial charge on any atom is -0.465 e. The van der Waals surface area contributed by atoms with Gasteiger partial charge in [-0.2, -0.15) is 0 Å². The highest BCUT2D eigenvalue weighted by molar-refractivity contribution is 5.64. The van der Waals surface area contributed by atoms with E-state index in [1.807, 2.05) is 6.92 Å². The lowest BCUT2D eigenvalue weighted by Crippen LogP contribution is -2.29. The van der Waals surface area contributed by atoms with Gasteiger partial charge in [-0.25, -0.2) is 4.79 Å². The Hall–Kier alpha value is -0.730. The molecule has 1 amide bonds. The molecule has 0 radical (unpaired) electrons. The summed E-state index contributed by atoms with van der Waals surface area (Å²) in [6.07, 6.45) is 6.46. The van der Waals surface area contributed by atoms with Crippen molar-refractivity contribution in [2.24, 2.45) is 0 Å². The highest BCUT2D eigenvalue weighted by atomic mass is 16.4. The van der Waals surface area contributed by atoms with Gasteiger partial charge in [0, 0.05) is 13.1 Å². The summed E-state index contributed by atoms with van der Waals surface area (Å²) in [6.45, 7) is 5.37. The van der Waals surface area contributed by atoms with Crippen molar-refractivity contribution in [2.75, 3.05) is 13.1 Å². The molecule has 0 aliphatic heterocycles. The molecule has 0 fully saturated rings. The summed E-state index contributed by atoms with van der Waals surface area (Å²) in [5, 5.41) is 8.74. The fraction of sp³-hybridized carbons (Fsp3) is 0.909. The van der Waals surface area contributed by atoms with Crippen LogP contribution in [0, 0.1) is 0 Å². The molecule has 0 saturated heterocycles. The van der Waals surface area contributed by atoms with Crippen molar-refractivity contribution < 1.29 is 9.90 Å². The molecule has 0 atom stereocenters. The van der Waals surface area contributed by atoms with E-state index in [0.29, 0.717) is 13.1 Å². The predicted octanol–water partition coefficient (Wildman–Crippen LogP) is 3.35. The molecule has 3 heteroatoms. The van der Waals surface area contributed by atoms with Gasteiger partial charge in [-0.15, -0.1) is 0 Å². The second-order valence-electron chi connectivity index (χ2n) is 3.63. The van der Waals surface area contributed by atoms with Crippen LogP contribution < -0.4 is 0 Å². The maximum absolute atomic E-state index is 10.6. The molecule has 1 N–H and O–H groups in total. The number of rotatable bonds is 8. The SMILES string of the molecule is CCCCCCCCN(CC)C(=O)O. The largest absolute Gasteiger partial charge is 0.465 e. The second-order valence-corrected chi connectivity index (χ2v) is 3.63. The zero-order valence-corrected chi connectivity index (χ0v) is 9.46. The van der Waals surface area contributed by atoms with E-state index >= 15 is 0 Å². The first-order valence-corrected chi connectivity index (χ1v) is 5.70. The molecule has 84 valence electrons. The minimum absolute atomic E-state index is 0.601. The molecule has 0 aromatic carbocycles. The monoisotopic (exact) mass is 201 g/mol. The van der Waals surface area contributed by atoms with Gasteiger partial charge in [-0.05, 0) is 13.3 Å². The Morgan fingerprint density at radius 2 is 1.64 bits per heavy atom. The van der Waals surface area contributed by atoms with Crippen molar-refractivity contribution in [2.45, 2.75) is 52.4 Å². The molecule has 0 aromatic heterocycles. The van der Waals surface area contributed by atoms with E-state index in [-0.39, 0.29) is 0 Å². The van der Waals surface area contributed by atoms with Crippen LogP contribution in [0.2, 0.25) is 0 Å². The van der Waals surface area contributed by atoms with E-state index in [1.54, 1.807) is 0 Å². The smallest absolute Gasteiger partial charge is 0.407 e. The quantitative estimate of drug-likeness (QED) is 0.612. The Bertz CT molecular complexity index is 148. The number of carboxylic acid groups (broad SMARTS) is 1. The Morgan fingerprint density at radius 1 is 1.07 bits per heavy atom. The zero-order valence-electron chi connectivity index (χ0n) is 9.46. The van der Waals surface area contributed by atoms with Gasteiger partial charge in [-0.1, -0.05) is 39.0 Å². The van der Waals surface area contributed by atoms with Crippen molar-refractivity contribution in [3.63, 3.8) is 0 Å². The number of hydrogen-bond acceptors (Lipinski definition) is 1. The van der Waals surface area contributed by atoms with Crippen LogP contribution in [0.4, 0.5) is 4.79 Å². The third-order valence-corrected chi connectivity index (χ3v) is 2.43. The van der Waals surface area contributed by atoms with E-state index in [0.717, 1.165) is 12.8 Å². The molecular formula is C11H23NO2. The standard InChI is InChI=1S/C11H23NO2/c1-3-5-6-7-8-9-10-12(4-2)11(13)14/h3-10H2,1-2H3,(H,13,14). The first kappa shape index (κ1) is 13.3. The second kappa shape index (κ2) is 8.85. The summed E-state index contributed by atoms with van der Waals surface area (Å²) < 4.78 is 0. The van der Waals surface area contributed by atoms with Gasteiger partial charge >= 0.3 is 6.09 Å². The first-order chi connectivity index (χ1) is 6.72. The lowest BCUT2D eigenvalue weighted by molar-refractivity contribution is 0.147. The van der Waals surface area contributed by atoms with Crippen LogP contribution in [0.25, 0.3) is 0 Å². The van der Waals surface area contributed by atoms with Gasteiger partial charge in [0.1, 0.15) is 0 Å². The lowest BCUT2D eigenvalue weighted by atomic mass is 10.1. The third kappa shape index (κ3) is 6.75. The van der Waals surface area contributed by atoms with Crippen LogP contribution in [-0.4, -0.2) is 29.2 Å². The van der Waals surface area contributed by atoms with Crippen molar-refractivity contribution in [1.29, 1.82) is 0 Å². The molecule has 0 bridgehead atoms. The van der Waals surface area contributed by atoms with Crippen molar-refractivity contribution >= 4 is 6.09 Å². The summed E-state index contributed by atoms with van der Waals surface area (Å²) in [4.78, 5) is 12.1. The fourth-order valence-electron chi connectivity index (χ4n) is 1.47. The lowest BCUT2D eigenvalue weighted by Gasteiger charge is -2.16. The van der Waals surface area contributed by atoms with Gasteiger partial charge in [-0.3, -0.25) is 0 Å². The van der Waals surface area contributed by atoms with Crippen molar-refractivity contribution in [1.82, 2.24) is 4.90 Å². The molecular weight excluding hydrogens is 178 g/mol. The average molecular weight is 201 g/mol. The summed E-state index contributed by atoms with van der Waals surface area (Å²) >= 11 is 0. The van der Waals surface area contributed by atoms with Crippen LogP contribution in [0.1, 0.15) is 52.4 Å². The highest BCUT2D eigenvalue weighted by Crippen LogP contribution is 2.05. The summed E-state index contributed by atoms with van der Waals surface area (Å²) in [6, 6.07) is 0. The summed E-state index contributed by atoms with van der Waals surface area (Å²) in [5.74, 6) is 0. The number of hydrogen-bond donors (Lipinski definition) is 1. The summed E-state index contributed by atoms with van der Waals surface area (Å²) in [7, 11) is 0. The molecule has 14 heavy (non-hydrogen) atoms. The van der Waals surface area contributed by atoms with Crippen LogP contribution in [-0.2, 0) is 0 Å². The molecule has 0 heterocycles. The van der Waals surface area contributed by atoms with Crippen LogP contribution >= 0.6 is 0 Å². The van der Waals surface area contributed by atoms with Gasteiger partial charge in [0.25, 0.3) is 0 Å². The maximum Gasteiger partial charge on any atom is 0.407 e. The number of unbranched alkanes of at least 4 members (excludes halogenated alkanes) is 5. The molecule has 0 saturated carbocycles. The Kier molecular flexibility index (Phi) is 8.39. The Morgan fingerprint density at radius 3 is 2.14 bits per heavy atom. The summed E-state index contributed by atoms with van der Waals surface area (Å²) in [5.41, 5.74) is 0. The number of amides is 1. The van der Waals surface area contributed by atoms with Gasteiger partial charge in [0.15, 0.2) is 0 Å². The first-order valence-electron chi connectivity index (χ1n) is 5.70. The molecule has 0 aromatic rings. The van der Waals surface area contributed by atoms with Gasteiger partial charge in [0.2, 0.25) is 0 Å². The highest BCUT2D eigenvalue weighted by Gasteiger charge is 2.06. The fourth-order valence-corrected chi connectivity index (χ4v) is 1.47. The van der Waals surface area contributed by atoms with Crippen LogP contribution in [0.5, 0.6) is 0 Å². The zero-order chi connectivity index (χ0) is 10.8. The van der Waals surface area contributed by atoms with Gasteiger partial charge < -0.3 is 10.0 Å². The molecule has 0 aliphatic rings. The molecule has 0 rings (SSSR count). The third-order valence-electron chi connectivity index (χ3n) is 2.43. The Labute approximate surface area is 87.1 Å². The predicted molar refractivity (Wildman–Crippen MR) is 58.6 cm³/mol. The van der Waals surface area contributed by atoms with Gasteiger partial charge in [0.05, 0.1) is 0 Å². The average Bonchev–Trinajstić information content (AvgIpc) is 2.16. The molecule has 0 aliphatic carbocycles. The maximum atomic E-state index is 10.6. The number of carbonyl (C=O) groups is 1. The molecule has 0 spiro atoms. The number of nitrogens with zero attached hydrogens (tertiary/aromatic N) is 1. The Balaban J connectivity index is 3.29. The topological polar surface area (TPSA) is 40.5 Å². The normalized spacial score (nSPS) is 10.1.